The first-order chi connectivity index (χ1) is 9.71. The van der Waals surface area contributed by atoms with Crippen LogP contribution in [0.2, 0.25) is 0 Å². The van der Waals surface area contributed by atoms with Crippen LogP contribution in [0.4, 0.5) is 0 Å². The van der Waals surface area contributed by atoms with Gasteiger partial charge < -0.3 is 9.64 Å². The topological polar surface area (TPSA) is 12.5 Å². The van der Waals surface area contributed by atoms with Gasteiger partial charge in [-0.15, -0.1) is 0 Å². The third-order valence-corrected chi connectivity index (χ3v) is 5.52. The Balaban J connectivity index is 1.77. The Labute approximate surface area is 126 Å². The van der Waals surface area contributed by atoms with Crippen molar-refractivity contribution in [3.63, 3.8) is 0 Å². The summed E-state index contributed by atoms with van der Waals surface area (Å²) in [6, 6.07) is 8.93. The normalized spacial score (nSPS) is 24.2. The number of benzene rings is 1. The molecule has 0 saturated carbocycles. The summed E-state index contributed by atoms with van der Waals surface area (Å²) in [5.74, 6) is 2.47. The summed E-state index contributed by atoms with van der Waals surface area (Å²) in [7, 11) is 4.28. The molecule has 2 aliphatic heterocycles. The fourth-order valence-corrected chi connectivity index (χ4v) is 4.64. The van der Waals surface area contributed by atoms with Crippen LogP contribution >= 0.6 is 11.8 Å². The number of ether oxygens (including phenoxy) is 1. The molecule has 2 nitrogen and oxygen atoms in total. The second-order valence-electron chi connectivity index (χ2n) is 6.25. The van der Waals surface area contributed by atoms with Crippen LogP contribution in [0.3, 0.4) is 0 Å². The molecular weight excluding hydrogens is 266 g/mol. The molecule has 20 heavy (non-hydrogen) atoms. The van der Waals surface area contributed by atoms with E-state index in [4.69, 9.17) is 4.74 Å². The van der Waals surface area contributed by atoms with E-state index < -0.39 is 0 Å². The van der Waals surface area contributed by atoms with E-state index in [-0.39, 0.29) is 5.60 Å². The molecule has 2 aliphatic rings. The molecule has 110 valence electrons. The molecule has 2 heterocycles. The fraction of sp³-hybridized carbons (Fsp3) is 0.647. The van der Waals surface area contributed by atoms with Crippen molar-refractivity contribution in [3.05, 3.63) is 35.4 Å². The van der Waals surface area contributed by atoms with Gasteiger partial charge in [0.15, 0.2) is 0 Å². The maximum atomic E-state index is 6.61. The largest absolute Gasteiger partial charge is 0.362 e. The van der Waals surface area contributed by atoms with Crippen molar-refractivity contribution in [1.29, 1.82) is 0 Å². The lowest BCUT2D eigenvalue weighted by Crippen LogP contribution is -2.30. The maximum Gasteiger partial charge on any atom is 0.0959 e. The Morgan fingerprint density at radius 1 is 1.25 bits per heavy atom. The average molecular weight is 291 g/mol. The molecule has 0 amide bonds. The minimum absolute atomic E-state index is 0.0324. The zero-order valence-electron chi connectivity index (χ0n) is 12.6. The second-order valence-corrected chi connectivity index (χ2v) is 7.47. The summed E-state index contributed by atoms with van der Waals surface area (Å²) < 4.78 is 6.61. The highest BCUT2D eigenvalue weighted by Crippen LogP contribution is 2.51. The van der Waals surface area contributed by atoms with Crippen molar-refractivity contribution in [2.45, 2.75) is 37.4 Å². The molecule has 1 unspecified atom stereocenters. The van der Waals surface area contributed by atoms with Crippen LogP contribution in [-0.2, 0) is 10.3 Å². The second kappa shape index (κ2) is 6.08. The quantitative estimate of drug-likeness (QED) is 0.837. The van der Waals surface area contributed by atoms with Crippen molar-refractivity contribution in [1.82, 2.24) is 4.90 Å². The minimum Gasteiger partial charge on any atom is -0.362 e. The van der Waals surface area contributed by atoms with E-state index in [0.717, 1.165) is 13.0 Å². The van der Waals surface area contributed by atoms with E-state index >= 15 is 0 Å². The van der Waals surface area contributed by atoms with Crippen LogP contribution in [0.1, 0.15) is 42.9 Å². The zero-order chi connectivity index (χ0) is 14.0. The smallest absolute Gasteiger partial charge is 0.0959 e. The number of hydrogen-bond acceptors (Lipinski definition) is 3. The van der Waals surface area contributed by atoms with Gasteiger partial charge in [-0.2, -0.15) is 11.8 Å². The van der Waals surface area contributed by atoms with Crippen molar-refractivity contribution in [2.75, 3.05) is 32.1 Å². The summed E-state index contributed by atoms with van der Waals surface area (Å²) in [5, 5.41) is 0. The van der Waals surface area contributed by atoms with E-state index in [9.17, 15) is 0 Å². The summed E-state index contributed by atoms with van der Waals surface area (Å²) in [5.41, 5.74) is 2.97. The molecule has 1 atom stereocenters. The molecule has 1 spiro atoms. The third-order valence-electron chi connectivity index (χ3n) is 4.54. The number of rotatable bonds is 4. The monoisotopic (exact) mass is 291 g/mol. The van der Waals surface area contributed by atoms with Crippen LogP contribution in [0, 0.1) is 0 Å². The highest BCUT2D eigenvalue weighted by Gasteiger charge is 2.44. The molecule has 0 radical (unpaired) electrons. The van der Waals surface area contributed by atoms with E-state index in [1.165, 1.54) is 41.9 Å². The first-order valence-electron chi connectivity index (χ1n) is 7.71. The molecular formula is C17H25NOS. The van der Waals surface area contributed by atoms with Gasteiger partial charge in [0.1, 0.15) is 0 Å². The fourth-order valence-electron chi connectivity index (χ4n) is 3.49. The van der Waals surface area contributed by atoms with Gasteiger partial charge in [0.2, 0.25) is 0 Å². The highest BCUT2D eigenvalue weighted by molar-refractivity contribution is 7.99. The van der Waals surface area contributed by atoms with Crippen LogP contribution in [0.25, 0.3) is 0 Å². The molecule has 0 N–H and O–H groups in total. The molecule has 0 bridgehead atoms. The predicted octanol–water partition coefficient (Wildman–Crippen LogP) is 3.82. The van der Waals surface area contributed by atoms with Crippen molar-refractivity contribution in [2.24, 2.45) is 0 Å². The molecule has 3 rings (SSSR count). The Kier molecular flexibility index (Phi) is 4.39. The Morgan fingerprint density at radius 2 is 2.00 bits per heavy atom. The molecule has 0 aliphatic carbocycles. The lowest BCUT2D eigenvalue weighted by molar-refractivity contribution is -0.0857. The van der Waals surface area contributed by atoms with Crippen LogP contribution in [0.15, 0.2) is 24.3 Å². The molecule has 1 saturated heterocycles. The number of fused-ring (bicyclic) bond motifs is 2. The van der Waals surface area contributed by atoms with Crippen molar-refractivity contribution >= 4 is 11.8 Å². The van der Waals surface area contributed by atoms with E-state index in [0.29, 0.717) is 6.10 Å². The summed E-state index contributed by atoms with van der Waals surface area (Å²) >= 11 is 2.07. The Bertz CT molecular complexity index is 454. The highest BCUT2D eigenvalue weighted by atomic mass is 32.2. The number of thioether (sulfide) groups is 1. The molecule has 1 aromatic rings. The lowest BCUT2D eigenvalue weighted by Gasteiger charge is -2.34. The third kappa shape index (κ3) is 2.76. The molecule has 1 fully saturated rings. The zero-order valence-corrected chi connectivity index (χ0v) is 13.4. The molecule has 3 heteroatoms. The summed E-state index contributed by atoms with van der Waals surface area (Å²) in [6.45, 7) is 1.14. The standard InChI is InChI=1S/C17H25NOS/c1-18(2)11-5-8-16-14-6-3-4-7-15(14)17(19-16)9-12-20-13-10-17/h3-4,6-7,16H,5,8-13H2,1-2H3. The average Bonchev–Trinajstić information content (AvgIpc) is 2.74. The van der Waals surface area contributed by atoms with Gasteiger partial charge in [-0.05, 0) is 69.0 Å². The van der Waals surface area contributed by atoms with Crippen molar-refractivity contribution in [3.8, 4) is 0 Å². The summed E-state index contributed by atoms with van der Waals surface area (Å²) in [4.78, 5) is 2.26. The predicted molar refractivity (Wildman–Crippen MR) is 86.3 cm³/mol. The van der Waals surface area contributed by atoms with Crippen LogP contribution < -0.4 is 0 Å². The van der Waals surface area contributed by atoms with Crippen molar-refractivity contribution < 1.29 is 4.74 Å². The van der Waals surface area contributed by atoms with Gasteiger partial charge in [0.25, 0.3) is 0 Å². The van der Waals surface area contributed by atoms with E-state index in [1.807, 2.05) is 0 Å². The van der Waals surface area contributed by atoms with E-state index in [2.05, 4.69) is 55.0 Å². The van der Waals surface area contributed by atoms with Gasteiger partial charge >= 0.3 is 0 Å². The lowest BCUT2D eigenvalue weighted by atomic mass is 9.86. The maximum absolute atomic E-state index is 6.61. The van der Waals surface area contributed by atoms with Gasteiger partial charge in [-0.1, -0.05) is 24.3 Å². The number of hydrogen-bond donors (Lipinski definition) is 0. The molecule has 1 aromatic carbocycles. The summed E-state index contributed by atoms with van der Waals surface area (Å²) in [6.07, 6.45) is 5.02. The van der Waals surface area contributed by atoms with Crippen LogP contribution in [0.5, 0.6) is 0 Å². The SMILES string of the molecule is CN(C)CCCC1OC2(CCSCC2)c2ccccc21. The molecule has 0 aromatic heterocycles. The number of nitrogens with zero attached hydrogens (tertiary/aromatic N) is 1. The van der Waals surface area contributed by atoms with E-state index in [1.54, 1.807) is 0 Å². The van der Waals surface area contributed by atoms with Gasteiger partial charge in [-0.25, -0.2) is 0 Å². The van der Waals surface area contributed by atoms with Gasteiger partial charge in [0.05, 0.1) is 11.7 Å². The van der Waals surface area contributed by atoms with Gasteiger partial charge in [-0.3, -0.25) is 0 Å². The minimum atomic E-state index is 0.0324. The first kappa shape index (κ1) is 14.4. The Hall–Kier alpha value is -0.510. The van der Waals surface area contributed by atoms with Crippen LogP contribution in [-0.4, -0.2) is 37.0 Å². The Morgan fingerprint density at radius 3 is 2.75 bits per heavy atom. The first-order valence-corrected chi connectivity index (χ1v) is 8.86. The van der Waals surface area contributed by atoms with Gasteiger partial charge in [0, 0.05) is 0 Å².